The summed E-state index contributed by atoms with van der Waals surface area (Å²) in [5.41, 5.74) is 1.11. The van der Waals surface area contributed by atoms with Crippen LogP contribution in [0.25, 0.3) is 0 Å². The van der Waals surface area contributed by atoms with E-state index in [2.05, 4.69) is 17.3 Å². The van der Waals surface area contributed by atoms with Crippen LogP contribution < -0.4 is 10.1 Å². The van der Waals surface area contributed by atoms with Gasteiger partial charge in [-0.1, -0.05) is 12.1 Å². The normalized spacial score (nSPS) is 16.6. The van der Waals surface area contributed by atoms with E-state index in [0.717, 1.165) is 31.0 Å². The number of hydrogen-bond acceptors (Lipinski definition) is 3. The summed E-state index contributed by atoms with van der Waals surface area (Å²) in [5, 5.41) is 10.9. The van der Waals surface area contributed by atoms with E-state index >= 15 is 0 Å². The van der Waals surface area contributed by atoms with Gasteiger partial charge in [0.25, 0.3) is 0 Å². The van der Waals surface area contributed by atoms with Gasteiger partial charge in [-0.3, -0.25) is 0 Å². The van der Waals surface area contributed by atoms with E-state index in [9.17, 15) is 4.79 Å². The topological polar surface area (TPSA) is 61.8 Å². The Hall–Kier alpha value is -1.75. The van der Waals surface area contributed by atoms with Gasteiger partial charge in [-0.25, -0.2) is 4.79 Å². The number of nitrogens with one attached hydrogen (secondary N) is 1. The number of carbonyl (C=O) groups is 1. The summed E-state index contributed by atoms with van der Waals surface area (Å²) in [7, 11) is 2.16. The van der Waals surface area contributed by atoms with Gasteiger partial charge < -0.3 is 20.1 Å². The van der Waals surface area contributed by atoms with E-state index in [4.69, 9.17) is 9.84 Å². The quantitative estimate of drug-likeness (QED) is 0.844. The van der Waals surface area contributed by atoms with Crippen LogP contribution in [0.15, 0.2) is 24.3 Å². The van der Waals surface area contributed by atoms with Crippen LogP contribution >= 0.6 is 0 Å². The third-order valence-corrected chi connectivity index (χ3v) is 3.94. The summed E-state index contributed by atoms with van der Waals surface area (Å²) in [6.45, 7) is 3.53. The van der Waals surface area contributed by atoms with Gasteiger partial charge in [0.2, 0.25) is 0 Å². The van der Waals surface area contributed by atoms with E-state index in [-0.39, 0.29) is 0 Å². The molecule has 5 heteroatoms. The van der Waals surface area contributed by atoms with Crippen LogP contribution in [0.5, 0.6) is 5.75 Å². The van der Waals surface area contributed by atoms with Crippen molar-refractivity contribution in [2.45, 2.75) is 19.3 Å². The molecule has 1 heterocycles. The molecule has 1 aliphatic heterocycles. The first-order valence-corrected chi connectivity index (χ1v) is 7.50. The van der Waals surface area contributed by atoms with Crippen molar-refractivity contribution in [1.29, 1.82) is 0 Å². The Kier molecular flexibility index (Phi) is 5.87. The molecular formula is C16H24N2O3. The molecule has 0 aliphatic carbocycles. The highest BCUT2D eigenvalue weighted by Gasteiger charge is 2.16. The first-order chi connectivity index (χ1) is 10.1. The minimum atomic E-state index is -0.979. The second-order valence-electron chi connectivity index (χ2n) is 5.68. The van der Waals surface area contributed by atoms with Crippen LogP contribution in [0, 0.1) is 5.92 Å². The summed E-state index contributed by atoms with van der Waals surface area (Å²) in [4.78, 5) is 12.7. The smallest absolute Gasteiger partial charge is 0.404 e. The third-order valence-electron chi connectivity index (χ3n) is 3.94. The van der Waals surface area contributed by atoms with Crippen molar-refractivity contribution in [2.24, 2.45) is 5.92 Å². The Labute approximate surface area is 125 Å². The van der Waals surface area contributed by atoms with Crippen LogP contribution in [0.4, 0.5) is 4.79 Å². The fraction of sp³-hybridized carbons (Fsp3) is 0.562. The molecule has 0 radical (unpaired) electrons. The molecule has 5 nitrogen and oxygen atoms in total. The molecule has 0 atom stereocenters. The van der Waals surface area contributed by atoms with Gasteiger partial charge in [-0.2, -0.15) is 0 Å². The van der Waals surface area contributed by atoms with Crippen LogP contribution in [-0.4, -0.2) is 49.4 Å². The third kappa shape index (κ3) is 5.63. The van der Waals surface area contributed by atoms with Gasteiger partial charge in [0.15, 0.2) is 0 Å². The Bertz CT molecular complexity index is 439. The molecule has 1 fully saturated rings. The summed E-state index contributed by atoms with van der Waals surface area (Å²) in [6, 6.07) is 7.91. The van der Waals surface area contributed by atoms with Gasteiger partial charge >= 0.3 is 6.09 Å². The maximum atomic E-state index is 10.4. The highest BCUT2D eigenvalue weighted by Crippen LogP contribution is 2.19. The summed E-state index contributed by atoms with van der Waals surface area (Å²) < 4.78 is 5.85. The largest absolute Gasteiger partial charge is 0.493 e. The molecular weight excluding hydrogens is 268 g/mol. The van der Waals surface area contributed by atoms with Crippen LogP contribution in [0.1, 0.15) is 18.4 Å². The number of hydrogen-bond donors (Lipinski definition) is 2. The highest BCUT2D eigenvalue weighted by atomic mass is 16.5. The van der Waals surface area contributed by atoms with Gasteiger partial charge in [0.05, 0.1) is 6.61 Å². The SMILES string of the molecule is CN1CCC(COc2ccc(CCNC(=O)O)cc2)CC1. The van der Waals surface area contributed by atoms with E-state index in [1.807, 2.05) is 24.3 Å². The minimum absolute atomic E-state index is 0.436. The fourth-order valence-corrected chi connectivity index (χ4v) is 2.51. The van der Waals surface area contributed by atoms with Crippen molar-refractivity contribution < 1.29 is 14.6 Å². The molecule has 0 spiro atoms. The molecule has 1 aromatic rings. The maximum absolute atomic E-state index is 10.4. The predicted molar refractivity (Wildman–Crippen MR) is 81.9 cm³/mol. The van der Waals surface area contributed by atoms with Gasteiger partial charge in [-0.15, -0.1) is 0 Å². The Morgan fingerprint density at radius 3 is 2.62 bits per heavy atom. The zero-order valence-electron chi connectivity index (χ0n) is 12.5. The average Bonchev–Trinajstić information content (AvgIpc) is 2.48. The molecule has 0 bridgehead atoms. The summed E-state index contributed by atoms with van der Waals surface area (Å²) in [5.74, 6) is 1.55. The molecule has 2 rings (SSSR count). The first kappa shape index (κ1) is 15.6. The van der Waals surface area contributed by atoms with Crippen LogP contribution in [-0.2, 0) is 6.42 Å². The molecule has 2 N–H and O–H groups in total. The van der Waals surface area contributed by atoms with Gasteiger partial charge in [0, 0.05) is 6.54 Å². The number of ether oxygens (including phenoxy) is 1. The van der Waals surface area contributed by atoms with Crippen molar-refractivity contribution in [3.63, 3.8) is 0 Å². The van der Waals surface area contributed by atoms with E-state index in [1.54, 1.807) is 0 Å². The molecule has 21 heavy (non-hydrogen) atoms. The van der Waals surface area contributed by atoms with Crippen LogP contribution in [0.2, 0.25) is 0 Å². The zero-order valence-corrected chi connectivity index (χ0v) is 12.5. The Balaban J connectivity index is 1.70. The number of likely N-dealkylation sites (tertiary alicyclic amines) is 1. The molecule has 1 amide bonds. The molecule has 1 aliphatic rings. The summed E-state index contributed by atoms with van der Waals surface area (Å²) in [6.07, 6.45) is 2.12. The number of amides is 1. The van der Waals surface area contributed by atoms with Gasteiger partial charge in [0.1, 0.15) is 5.75 Å². The number of benzene rings is 1. The number of carboxylic acid groups (broad SMARTS) is 1. The Morgan fingerprint density at radius 1 is 1.33 bits per heavy atom. The highest BCUT2D eigenvalue weighted by molar-refractivity contribution is 5.64. The predicted octanol–water partition coefficient (Wildman–Crippen LogP) is 2.22. The van der Waals surface area contributed by atoms with Gasteiger partial charge in [-0.05, 0) is 63.0 Å². The number of piperidine rings is 1. The molecule has 0 unspecified atom stereocenters. The van der Waals surface area contributed by atoms with Crippen molar-refractivity contribution in [2.75, 3.05) is 33.3 Å². The first-order valence-electron chi connectivity index (χ1n) is 7.50. The van der Waals surface area contributed by atoms with Crippen molar-refractivity contribution in [3.8, 4) is 5.75 Å². The zero-order chi connectivity index (χ0) is 15.1. The second kappa shape index (κ2) is 7.88. The average molecular weight is 292 g/mol. The summed E-state index contributed by atoms with van der Waals surface area (Å²) >= 11 is 0. The van der Waals surface area contributed by atoms with E-state index < -0.39 is 6.09 Å². The lowest BCUT2D eigenvalue weighted by Gasteiger charge is -2.28. The lowest BCUT2D eigenvalue weighted by molar-refractivity contribution is 0.160. The maximum Gasteiger partial charge on any atom is 0.404 e. The van der Waals surface area contributed by atoms with Crippen molar-refractivity contribution >= 4 is 6.09 Å². The molecule has 1 saturated heterocycles. The Morgan fingerprint density at radius 2 is 2.00 bits per heavy atom. The standard InChI is InChI=1S/C16H24N2O3/c1-18-10-7-14(8-11-18)12-21-15-4-2-13(3-5-15)6-9-17-16(19)20/h2-5,14,17H,6-12H2,1H3,(H,19,20). The lowest BCUT2D eigenvalue weighted by atomic mass is 9.98. The molecule has 1 aromatic carbocycles. The van der Waals surface area contributed by atoms with Crippen molar-refractivity contribution in [1.82, 2.24) is 10.2 Å². The van der Waals surface area contributed by atoms with Crippen molar-refractivity contribution in [3.05, 3.63) is 29.8 Å². The molecule has 0 saturated carbocycles. The lowest BCUT2D eigenvalue weighted by Crippen LogP contribution is -2.32. The fourth-order valence-electron chi connectivity index (χ4n) is 2.51. The number of nitrogens with zero attached hydrogens (tertiary/aromatic N) is 1. The molecule has 0 aromatic heterocycles. The van der Waals surface area contributed by atoms with E-state index in [1.165, 1.54) is 12.8 Å². The molecule has 116 valence electrons. The minimum Gasteiger partial charge on any atom is -0.493 e. The monoisotopic (exact) mass is 292 g/mol. The second-order valence-corrected chi connectivity index (χ2v) is 5.68. The van der Waals surface area contributed by atoms with E-state index in [0.29, 0.717) is 18.9 Å². The van der Waals surface area contributed by atoms with Crippen LogP contribution in [0.3, 0.4) is 0 Å². The number of rotatable bonds is 6.